The van der Waals surface area contributed by atoms with E-state index in [1.807, 2.05) is 6.92 Å². The summed E-state index contributed by atoms with van der Waals surface area (Å²) in [6.07, 6.45) is 0.536. The number of likely N-dealkylation sites (N-methyl/N-ethyl adjacent to an activating group) is 1. The summed E-state index contributed by atoms with van der Waals surface area (Å²) >= 11 is 7.25. The van der Waals surface area contributed by atoms with Crippen LogP contribution in [-0.4, -0.2) is 105 Å². The van der Waals surface area contributed by atoms with Gasteiger partial charge in [-0.15, -0.1) is 0 Å². The number of alkyl halides is 2. The minimum Gasteiger partial charge on any atom is -0.444 e. The summed E-state index contributed by atoms with van der Waals surface area (Å²) in [5.74, 6) is -4.72. The number of carbonyl (C=O) groups excluding carboxylic acids is 7. The fourth-order valence-electron chi connectivity index (χ4n) is 6.12. The van der Waals surface area contributed by atoms with Crippen molar-refractivity contribution in [1.82, 2.24) is 31.1 Å². The van der Waals surface area contributed by atoms with Crippen molar-refractivity contribution in [1.29, 1.82) is 0 Å². The number of rotatable bonds is 14. The number of fused-ring (bicyclic) bond motifs is 1. The van der Waals surface area contributed by atoms with E-state index in [1.165, 1.54) is 9.80 Å². The summed E-state index contributed by atoms with van der Waals surface area (Å²) in [6.45, 7) is 12.0. The van der Waals surface area contributed by atoms with Gasteiger partial charge in [0.25, 0.3) is 5.91 Å². The molecule has 2 fully saturated rings. The van der Waals surface area contributed by atoms with Gasteiger partial charge in [-0.2, -0.15) is 0 Å². The maximum Gasteiger partial charge on any atom is 0.408 e. The maximum atomic E-state index is 14.1. The van der Waals surface area contributed by atoms with Gasteiger partial charge in [-0.1, -0.05) is 103 Å². The quantitative estimate of drug-likeness (QED) is 0.163. The fourth-order valence-corrected chi connectivity index (χ4v) is 7.85. The molecular formula is C36H52Br2N6O8. The van der Waals surface area contributed by atoms with Gasteiger partial charge < -0.3 is 35.8 Å². The highest BCUT2D eigenvalue weighted by Gasteiger charge is 2.73. The molecule has 3 rings (SSSR count). The summed E-state index contributed by atoms with van der Waals surface area (Å²) in [6, 6.07) is 4.29. The molecule has 0 aromatic heterocycles. The van der Waals surface area contributed by atoms with E-state index in [0.717, 1.165) is 0 Å². The van der Waals surface area contributed by atoms with E-state index >= 15 is 0 Å². The van der Waals surface area contributed by atoms with Crippen LogP contribution in [0.2, 0.25) is 0 Å². The standard InChI is InChI=1S/C36H52Br2N6O8/c1-10-11-17-22(27(46)30(48)39-18-23(45)41-25(31(49)43(8)9)20-15-13-12-14-16-20)40-29(47)26-24-21(36(24,37)38)19-44(26)32(50)28(34(2,3)4)42-33(51)52-35(5,6)7/h12-16,21-22,24-26,28H,10-11,17-19H2,1-9H3,(H,39,48)(H,40,47)(H,41,45)(H,42,51)/t21?,22?,24?,25-,26-,28+/m0/s1. The monoisotopic (exact) mass is 854 g/mol. The van der Waals surface area contributed by atoms with Crippen molar-refractivity contribution in [3.8, 4) is 0 Å². The number of Topliss-reactive ketones (excluding diaryl/α,β-unsaturated/α-hetero) is 1. The maximum absolute atomic E-state index is 14.1. The Bertz CT molecular complexity index is 1520. The van der Waals surface area contributed by atoms with Crippen LogP contribution in [0, 0.1) is 17.3 Å². The van der Waals surface area contributed by atoms with E-state index in [4.69, 9.17) is 4.74 Å². The third kappa shape index (κ3) is 10.8. The van der Waals surface area contributed by atoms with E-state index in [0.29, 0.717) is 18.4 Å². The van der Waals surface area contributed by atoms with Crippen LogP contribution in [-0.2, 0) is 33.5 Å². The SMILES string of the molecule is CCCCC(NC(=O)[C@@H]1C2C(CN1C(=O)[C@@H](NC(=O)OC(C)(C)C)C(C)(C)C)C2(Br)Br)C(=O)C(=O)NCC(=O)N[C@H](C(=O)N(C)C)c1ccccc1. The molecule has 0 spiro atoms. The number of hydrogen-bond acceptors (Lipinski definition) is 8. The number of likely N-dealkylation sites (tertiary alicyclic amines) is 1. The van der Waals surface area contributed by atoms with E-state index in [1.54, 1.807) is 86.0 Å². The first-order valence-corrected chi connectivity index (χ1v) is 19.0. The topological polar surface area (TPSA) is 183 Å². The largest absolute Gasteiger partial charge is 0.444 e. The van der Waals surface area contributed by atoms with E-state index < -0.39 is 80.5 Å². The Hall–Kier alpha value is -3.53. The molecule has 14 nitrogen and oxygen atoms in total. The normalized spacial score (nSPS) is 20.7. The van der Waals surface area contributed by atoms with Gasteiger partial charge in [0.2, 0.25) is 29.4 Å². The number of amides is 6. The minimum absolute atomic E-state index is 0.139. The molecule has 1 aromatic rings. The Morgan fingerprint density at radius 2 is 1.58 bits per heavy atom. The zero-order valence-electron chi connectivity index (χ0n) is 31.3. The summed E-state index contributed by atoms with van der Waals surface area (Å²) in [4.78, 5) is 96.0. The molecule has 0 radical (unpaired) electrons. The fraction of sp³-hybridized carbons (Fsp3) is 0.639. The molecule has 3 unspecified atom stereocenters. The van der Waals surface area contributed by atoms with Crippen molar-refractivity contribution in [3.63, 3.8) is 0 Å². The Morgan fingerprint density at radius 3 is 2.12 bits per heavy atom. The summed E-state index contributed by atoms with van der Waals surface area (Å²) in [7, 11) is 3.11. The molecule has 288 valence electrons. The number of benzene rings is 1. The molecule has 1 aromatic carbocycles. The smallest absolute Gasteiger partial charge is 0.408 e. The average Bonchev–Trinajstić information content (AvgIpc) is 3.35. The number of nitrogens with one attached hydrogen (secondary N) is 4. The second kappa shape index (κ2) is 17.1. The van der Waals surface area contributed by atoms with Crippen molar-refractivity contribution in [2.45, 2.75) is 101 Å². The number of carbonyl (C=O) groups is 7. The first-order valence-electron chi connectivity index (χ1n) is 17.4. The van der Waals surface area contributed by atoms with Crippen molar-refractivity contribution < 1.29 is 38.3 Å². The Balaban J connectivity index is 1.76. The predicted molar refractivity (Wildman–Crippen MR) is 201 cm³/mol. The molecule has 2 aliphatic rings. The number of unbranched alkanes of at least 4 members (excludes halogenated alkanes) is 1. The van der Waals surface area contributed by atoms with Gasteiger partial charge in [0.15, 0.2) is 0 Å². The lowest BCUT2D eigenvalue weighted by molar-refractivity contribution is -0.145. The second-order valence-corrected chi connectivity index (χ2v) is 19.3. The average molecular weight is 857 g/mol. The molecular weight excluding hydrogens is 804 g/mol. The van der Waals surface area contributed by atoms with Crippen LogP contribution >= 0.6 is 31.9 Å². The van der Waals surface area contributed by atoms with E-state index in [9.17, 15) is 33.6 Å². The summed E-state index contributed by atoms with van der Waals surface area (Å²) < 4.78 is 4.80. The van der Waals surface area contributed by atoms with Crippen LogP contribution in [0.5, 0.6) is 0 Å². The third-order valence-corrected chi connectivity index (χ3v) is 11.1. The van der Waals surface area contributed by atoms with Gasteiger partial charge in [0.05, 0.1) is 15.8 Å². The molecule has 1 saturated heterocycles. The van der Waals surface area contributed by atoms with Gasteiger partial charge in [-0.25, -0.2) is 4.79 Å². The van der Waals surface area contributed by atoms with E-state index in [2.05, 4.69) is 53.1 Å². The Morgan fingerprint density at radius 1 is 0.962 bits per heavy atom. The lowest BCUT2D eigenvalue weighted by atomic mass is 9.85. The van der Waals surface area contributed by atoms with Crippen LogP contribution in [0.15, 0.2) is 30.3 Å². The molecule has 6 amide bonds. The number of ketones is 1. The van der Waals surface area contributed by atoms with Gasteiger partial charge >= 0.3 is 6.09 Å². The molecule has 1 aliphatic carbocycles. The number of alkyl carbamates (subject to hydrolysis) is 1. The first-order chi connectivity index (χ1) is 24.0. The Kier molecular flexibility index (Phi) is 14.1. The number of ether oxygens (including phenoxy) is 1. The highest BCUT2D eigenvalue weighted by Crippen LogP contribution is 2.67. The van der Waals surface area contributed by atoms with E-state index in [-0.39, 0.29) is 30.7 Å². The third-order valence-electron chi connectivity index (χ3n) is 8.90. The van der Waals surface area contributed by atoms with Crippen LogP contribution in [0.4, 0.5) is 4.79 Å². The highest BCUT2D eigenvalue weighted by atomic mass is 79.9. The molecule has 1 heterocycles. The van der Waals surface area contributed by atoms with Crippen LogP contribution in [0.3, 0.4) is 0 Å². The molecule has 6 atom stereocenters. The molecule has 52 heavy (non-hydrogen) atoms. The van der Waals surface area contributed by atoms with Gasteiger partial charge in [0, 0.05) is 32.5 Å². The van der Waals surface area contributed by atoms with Crippen LogP contribution in [0.1, 0.15) is 79.3 Å². The van der Waals surface area contributed by atoms with Gasteiger partial charge in [-0.3, -0.25) is 28.8 Å². The minimum atomic E-state index is -1.24. The molecule has 0 bridgehead atoms. The van der Waals surface area contributed by atoms with Crippen LogP contribution < -0.4 is 21.3 Å². The van der Waals surface area contributed by atoms with Gasteiger partial charge in [-0.05, 0) is 38.2 Å². The number of nitrogens with zero attached hydrogens (tertiary/aromatic N) is 2. The number of hydrogen-bond donors (Lipinski definition) is 4. The van der Waals surface area contributed by atoms with Gasteiger partial charge in [0.1, 0.15) is 23.7 Å². The zero-order chi connectivity index (χ0) is 39.3. The molecule has 4 N–H and O–H groups in total. The number of halogens is 2. The number of piperidine rings is 1. The predicted octanol–water partition coefficient (Wildman–Crippen LogP) is 3.17. The van der Waals surface area contributed by atoms with Crippen molar-refractivity contribution in [3.05, 3.63) is 35.9 Å². The zero-order valence-corrected chi connectivity index (χ0v) is 34.5. The highest BCUT2D eigenvalue weighted by molar-refractivity contribution is 9.25. The molecule has 1 aliphatic heterocycles. The first kappa shape index (κ1) is 42.9. The molecule has 1 saturated carbocycles. The second-order valence-electron chi connectivity index (χ2n) is 15.6. The van der Waals surface area contributed by atoms with Crippen molar-refractivity contribution in [2.75, 3.05) is 27.2 Å². The van der Waals surface area contributed by atoms with Crippen LogP contribution in [0.25, 0.3) is 0 Å². The lowest BCUT2D eigenvalue weighted by Gasteiger charge is -2.37. The Labute approximate surface area is 322 Å². The van der Waals surface area contributed by atoms with Crippen molar-refractivity contribution in [2.24, 2.45) is 17.3 Å². The lowest BCUT2D eigenvalue weighted by Crippen LogP contribution is -2.61. The molecule has 16 heteroatoms. The summed E-state index contributed by atoms with van der Waals surface area (Å²) in [5.41, 5.74) is -1.01. The van der Waals surface area contributed by atoms with Crippen molar-refractivity contribution >= 4 is 73.3 Å². The summed E-state index contributed by atoms with van der Waals surface area (Å²) in [5, 5.41) is 10.3.